The molecule has 0 bridgehead atoms. The fourth-order valence-electron chi connectivity index (χ4n) is 2.57. The minimum atomic E-state index is -2.50. The Morgan fingerprint density at radius 2 is 1.79 bits per heavy atom. The van der Waals surface area contributed by atoms with Gasteiger partial charge in [-0.15, -0.1) is 6.08 Å². The second-order valence-electron chi connectivity index (χ2n) is 6.41. The maximum absolute atomic E-state index is 8.01. The van der Waals surface area contributed by atoms with Gasteiger partial charge in [0.2, 0.25) is 0 Å². The Morgan fingerprint density at radius 3 is 2.33 bits per heavy atom. The van der Waals surface area contributed by atoms with Gasteiger partial charge in [-0.3, -0.25) is 4.98 Å². The van der Waals surface area contributed by atoms with Crippen molar-refractivity contribution < 1.29 is 31.4 Å². The molecule has 5 rings (SSSR count). The van der Waals surface area contributed by atoms with Crippen molar-refractivity contribution >= 4 is 29.2 Å². The number of pyridine rings is 2. The summed E-state index contributed by atoms with van der Waals surface area (Å²) in [6.45, 7) is 7.48. The molecule has 0 unspecified atom stereocenters. The number of fused-ring (bicyclic) bond motifs is 1. The molecule has 0 spiro atoms. The van der Waals surface area contributed by atoms with E-state index in [0.717, 1.165) is 11.6 Å². The van der Waals surface area contributed by atoms with Gasteiger partial charge in [0, 0.05) is 53.4 Å². The third-order valence-corrected chi connectivity index (χ3v) is 4.10. The van der Waals surface area contributed by atoms with Crippen LogP contribution in [0.5, 0.6) is 0 Å². The van der Waals surface area contributed by atoms with Crippen LogP contribution < -0.4 is 10.6 Å². The summed E-state index contributed by atoms with van der Waals surface area (Å²) in [7, 11) is 0. The van der Waals surface area contributed by atoms with E-state index < -0.39 is 12.9 Å². The zero-order chi connectivity index (χ0) is 26.8. The maximum atomic E-state index is 8.01. The molecule has 0 aliphatic rings. The van der Waals surface area contributed by atoms with Crippen molar-refractivity contribution in [3.8, 4) is 0 Å². The van der Waals surface area contributed by atoms with Gasteiger partial charge in [-0.2, -0.15) is 42.0 Å². The molecule has 0 aliphatic carbocycles. The van der Waals surface area contributed by atoms with Crippen LogP contribution in [-0.2, 0) is 20.1 Å². The van der Waals surface area contributed by atoms with Crippen molar-refractivity contribution in [3.63, 3.8) is 0 Å². The number of furan rings is 1. The van der Waals surface area contributed by atoms with Gasteiger partial charge in [-0.05, 0) is 36.3 Å². The molecular weight excluding hydrogens is 585 g/mol. The third-order valence-electron chi connectivity index (χ3n) is 4.10. The monoisotopic (exact) mass is 614 g/mol. The molecule has 3 aromatic heterocycles. The smallest absolute Gasteiger partial charge is 0.133 e. The molecule has 0 saturated heterocycles. The predicted molar refractivity (Wildman–Crippen MR) is 132 cm³/mol. The van der Waals surface area contributed by atoms with E-state index in [-0.39, 0.29) is 43.0 Å². The van der Waals surface area contributed by atoms with Crippen molar-refractivity contribution in [1.29, 1.82) is 0 Å². The number of aromatic nitrogens is 2. The van der Waals surface area contributed by atoms with Crippen LogP contribution in [0.25, 0.3) is 29.2 Å². The summed E-state index contributed by atoms with van der Waals surface area (Å²) in [5.41, 5.74) is 0.920. The predicted octanol–water partition coefficient (Wildman–Crippen LogP) is 5.41. The molecule has 0 atom stereocenters. The molecule has 3 nitrogen and oxygen atoms in total. The molecule has 2 aromatic carbocycles. The molecule has 3 heterocycles. The van der Waals surface area contributed by atoms with Gasteiger partial charge in [0.05, 0.1) is 8.16 Å². The summed E-state index contributed by atoms with van der Waals surface area (Å²) in [4.78, 5) is 7.75. The fourth-order valence-corrected chi connectivity index (χ4v) is 2.57. The van der Waals surface area contributed by atoms with Gasteiger partial charge in [-0.1, -0.05) is 42.9 Å². The van der Waals surface area contributed by atoms with Crippen molar-refractivity contribution in [1.82, 2.24) is 9.97 Å². The van der Waals surface area contributed by atoms with E-state index in [9.17, 15) is 0 Å². The van der Waals surface area contributed by atoms with Crippen LogP contribution in [-0.4, -0.2) is 9.97 Å². The molecular formula is C29H24IrN2O-2. The van der Waals surface area contributed by atoms with E-state index in [4.69, 9.17) is 17.8 Å². The fraction of sp³-hybridized carbons (Fsp3) is 0.0345. The summed E-state index contributed by atoms with van der Waals surface area (Å²) in [6.07, 6.45) is 6.05. The largest absolute Gasteiger partial charge is 0.469 e. The number of benzene rings is 2. The standard InChI is InChI=1S/C18H14NO.C6H5.C5H5N.Ir/c1-12-8-9-16(19-11-12)13(2)10-18-14(3)15-6-4-5-7-17(15)20-18;2*1-2-4-6-5-3-1;/h2,4-11H,3H2,1H3;2*1-5H;/q2*-1;;/b18-10+;;;/i1D3,8D,9D;;;. The van der Waals surface area contributed by atoms with Gasteiger partial charge < -0.3 is 9.40 Å². The molecule has 0 aliphatic heterocycles. The van der Waals surface area contributed by atoms with E-state index in [0.29, 0.717) is 16.2 Å². The summed E-state index contributed by atoms with van der Waals surface area (Å²) in [5.74, 6) is 0. The quantitative estimate of drug-likeness (QED) is 0.250. The van der Waals surface area contributed by atoms with Crippen molar-refractivity contribution in [2.24, 2.45) is 0 Å². The molecule has 0 amide bonds. The number of nitrogens with zero attached hydrogens (tertiary/aromatic N) is 2. The molecule has 4 heteroatoms. The first-order valence-electron chi connectivity index (χ1n) is 12.2. The third kappa shape index (κ3) is 8.12. The molecule has 5 aromatic rings. The zero-order valence-electron chi connectivity index (χ0n) is 22.7. The van der Waals surface area contributed by atoms with Gasteiger partial charge in [-0.25, -0.2) is 6.58 Å². The molecule has 0 saturated carbocycles. The van der Waals surface area contributed by atoms with Gasteiger partial charge in [0.25, 0.3) is 0 Å². The number of aryl methyl sites for hydroxylation is 1. The van der Waals surface area contributed by atoms with Crippen LogP contribution in [0, 0.1) is 19.5 Å². The number of hydrogen-bond donors (Lipinski definition) is 0. The Bertz CT molecular complexity index is 1490. The first-order valence-corrected chi connectivity index (χ1v) is 9.74. The zero-order valence-corrected chi connectivity index (χ0v) is 20.1. The van der Waals surface area contributed by atoms with Gasteiger partial charge >= 0.3 is 0 Å². The van der Waals surface area contributed by atoms with E-state index in [1.54, 1.807) is 18.5 Å². The minimum absolute atomic E-state index is 0. The molecule has 0 N–H and O–H groups in total. The number of hydrogen-bond acceptors (Lipinski definition) is 3. The van der Waals surface area contributed by atoms with Crippen LogP contribution >= 0.6 is 0 Å². The van der Waals surface area contributed by atoms with Crippen LogP contribution in [0.15, 0.2) is 108 Å². The Hall–Kier alpha value is -3.59. The molecule has 33 heavy (non-hydrogen) atoms. The average molecular weight is 614 g/mol. The summed E-state index contributed by atoms with van der Waals surface area (Å²) in [5, 5.41) is 1.50. The van der Waals surface area contributed by atoms with Gasteiger partial charge in [0.15, 0.2) is 0 Å². The Balaban J connectivity index is 0.000000319. The summed E-state index contributed by atoms with van der Waals surface area (Å²) >= 11 is 0. The van der Waals surface area contributed by atoms with E-state index in [1.165, 1.54) is 6.08 Å². The Morgan fingerprint density at radius 1 is 1.06 bits per heavy atom. The minimum Gasteiger partial charge on any atom is -0.469 e. The molecule has 167 valence electrons. The normalized spacial score (nSPS) is 12.7. The van der Waals surface area contributed by atoms with Gasteiger partial charge in [0.1, 0.15) is 5.58 Å². The Labute approximate surface area is 215 Å². The summed E-state index contributed by atoms with van der Waals surface area (Å²) in [6, 6.07) is 24.8. The van der Waals surface area contributed by atoms with Crippen LogP contribution in [0.1, 0.15) is 18.1 Å². The molecule has 1 radical (unpaired) electrons. The topological polar surface area (TPSA) is 38.9 Å². The van der Waals surface area contributed by atoms with E-state index >= 15 is 0 Å². The van der Waals surface area contributed by atoms with Crippen molar-refractivity contribution in [2.75, 3.05) is 0 Å². The maximum Gasteiger partial charge on any atom is 0.133 e. The van der Waals surface area contributed by atoms with Crippen molar-refractivity contribution in [2.45, 2.75) is 6.85 Å². The number of rotatable bonds is 2. The molecule has 0 fully saturated rings. The number of para-hydroxylation sites is 1. The van der Waals surface area contributed by atoms with Crippen LogP contribution in [0.2, 0.25) is 0 Å². The second kappa shape index (κ2) is 13.7. The Kier molecular flexibility index (Phi) is 7.88. The second-order valence-corrected chi connectivity index (χ2v) is 6.41. The van der Waals surface area contributed by atoms with Crippen LogP contribution in [0.3, 0.4) is 0 Å². The first kappa shape index (κ1) is 18.9. The summed E-state index contributed by atoms with van der Waals surface area (Å²) < 4.78 is 43.7. The van der Waals surface area contributed by atoms with Crippen LogP contribution in [0.4, 0.5) is 0 Å². The van der Waals surface area contributed by atoms with E-state index in [1.807, 2.05) is 66.7 Å². The average Bonchev–Trinajstić information content (AvgIpc) is 3.22. The first-order chi connectivity index (χ1) is 17.7. The number of allylic oxidation sites excluding steroid dienone is 1. The van der Waals surface area contributed by atoms with E-state index in [2.05, 4.69) is 22.6 Å². The SMILES string of the molecule is [2H]c1c(C([2H])([2H])[2H])cnc(C(=[CH-])/C=c2/oc3ccccc3c2=C)c1[2H].[Ir].[c-]1ccccc1.c1ccncc1. The van der Waals surface area contributed by atoms with Crippen molar-refractivity contribution in [3.05, 3.63) is 138 Å².